The maximum absolute atomic E-state index is 6.19. The highest BCUT2D eigenvalue weighted by molar-refractivity contribution is 6.19. The molecule has 0 aliphatic heterocycles. The first-order valence-corrected chi connectivity index (χ1v) is 8.82. The van der Waals surface area contributed by atoms with Crippen molar-refractivity contribution in [3.8, 4) is 11.4 Å². The zero-order chi connectivity index (χ0) is 18.0. The average Bonchev–Trinajstić information content (AvgIpc) is 3.29. The standard InChI is InChI=1S/C22H14N4O/c1-13-24-25-22-20-19(23-21(26(13)22)15-8-3-2-4-9-15)18-16-10-6-5-7-14(16)11-12-17(18)27-20/h2-12H,1H3. The second-order valence-corrected chi connectivity index (χ2v) is 6.65. The van der Waals surface area contributed by atoms with E-state index in [1.54, 1.807) is 0 Å². The largest absolute Gasteiger partial charge is 0.450 e. The van der Waals surface area contributed by atoms with Crippen molar-refractivity contribution < 1.29 is 4.42 Å². The van der Waals surface area contributed by atoms with Gasteiger partial charge in [-0.05, 0) is 23.8 Å². The molecule has 0 atom stereocenters. The van der Waals surface area contributed by atoms with Gasteiger partial charge in [-0.1, -0.05) is 60.7 Å². The Morgan fingerprint density at radius 2 is 1.67 bits per heavy atom. The van der Waals surface area contributed by atoms with Crippen LogP contribution in [-0.4, -0.2) is 19.6 Å². The fourth-order valence-electron chi connectivity index (χ4n) is 3.81. The summed E-state index contributed by atoms with van der Waals surface area (Å²) in [5.74, 6) is 1.60. The smallest absolute Gasteiger partial charge is 0.207 e. The van der Waals surface area contributed by atoms with Crippen molar-refractivity contribution in [1.82, 2.24) is 19.6 Å². The van der Waals surface area contributed by atoms with Gasteiger partial charge in [-0.15, -0.1) is 10.2 Å². The quantitative estimate of drug-likeness (QED) is 0.411. The van der Waals surface area contributed by atoms with Crippen molar-refractivity contribution in [3.63, 3.8) is 0 Å². The van der Waals surface area contributed by atoms with Crippen LogP contribution in [0.5, 0.6) is 0 Å². The van der Waals surface area contributed by atoms with Gasteiger partial charge in [0, 0.05) is 5.56 Å². The molecule has 0 amide bonds. The molecule has 27 heavy (non-hydrogen) atoms. The van der Waals surface area contributed by atoms with Gasteiger partial charge in [0.15, 0.2) is 5.58 Å². The van der Waals surface area contributed by atoms with Crippen LogP contribution in [0.4, 0.5) is 0 Å². The highest BCUT2D eigenvalue weighted by Gasteiger charge is 2.20. The number of fused-ring (bicyclic) bond motifs is 7. The second kappa shape index (κ2) is 5.14. The van der Waals surface area contributed by atoms with E-state index in [-0.39, 0.29) is 0 Å². The fraction of sp³-hybridized carbons (Fsp3) is 0.0455. The van der Waals surface area contributed by atoms with Crippen LogP contribution in [0.3, 0.4) is 0 Å². The molecule has 6 rings (SSSR count). The van der Waals surface area contributed by atoms with Crippen molar-refractivity contribution in [2.24, 2.45) is 0 Å². The normalized spacial score (nSPS) is 11.9. The molecule has 0 N–H and O–H groups in total. The number of nitrogens with zero attached hydrogens (tertiary/aromatic N) is 4. The van der Waals surface area contributed by atoms with Crippen LogP contribution < -0.4 is 0 Å². The van der Waals surface area contributed by atoms with Crippen molar-refractivity contribution >= 4 is 38.5 Å². The highest BCUT2D eigenvalue weighted by Crippen LogP contribution is 2.36. The highest BCUT2D eigenvalue weighted by atomic mass is 16.3. The van der Waals surface area contributed by atoms with E-state index in [0.717, 1.165) is 44.5 Å². The molecule has 3 aromatic carbocycles. The van der Waals surface area contributed by atoms with Gasteiger partial charge in [0.2, 0.25) is 5.65 Å². The zero-order valence-corrected chi connectivity index (χ0v) is 14.5. The number of aryl methyl sites for hydroxylation is 1. The van der Waals surface area contributed by atoms with Gasteiger partial charge >= 0.3 is 0 Å². The first-order valence-electron chi connectivity index (χ1n) is 8.82. The van der Waals surface area contributed by atoms with Gasteiger partial charge in [0.25, 0.3) is 0 Å². The topological polar surface area (TPSA) is 56.2 Å². The Labute approximate surface area is 153 Å². The van der Waals surface area contributed by atoms with E-state index in [9.17, 15) is 0 Å². The maximum atomic E-state index is 6.19. The van der Waals surface area contributed by atoms with Gasteiger partial charge in [-0.2, -0.15) is 0 Å². The molecule has 0 aliphatic rings. The second-order valence-electron chi connectivity index (χ2n) is 6.65. The van der Waals surface area contributed by atoms with E-state index < -0.39 is 0 Å². The number of rotatable bonds is 1. The maximum Gasteiger partial charge on any atom is 0.207 e. The molecule has 128 valence electrons. The van der Waals surface area contributed by atoms with Gasteiger partial charge in [0.1, 0.15) is 22.7 Å². The van der Waals surface area contributed by atoms with Crippen LogP contribution in [0.2, 0.25) is 0 Å². The summed E-state index contributed by atoms with van der Waals surface area (Å²) < 4.78 is 8.15. The van der Waals surface area contributed by atoms with E-state index in [1.807, 2.05) is 59.9 Å². The van der Waals surface area contributed by atoms with Crippen LogP contribution in [0.1, 0.15) is 5.82 Å². The predicted octanol–water partition coefficient (Wildman–Crippen LogP) is 5.15. The van der Waals surface area contributed by atoms with Gasteiger partial charge in [0.05, 0.1) is 5.39 Å². The first kappa shape index (κ1) is 14.4. The minimum atomic E-state index is 0.668. The molecule has 3 heterocycles. The van der Waals surface area contributed by atoms with Crippen molar-refractivity contribution in [2.45, 2.75) is 6.92 Å². The van der Waals surface area contributed by atoms with E-state index in [4.69, 9.17) is 9.40 Å². The zero-order valence-electron chi connectivity index (χ0n) is 14.5. The molecule has 0 spiro atoms. The third kappa shape index (κ3) is 1.91. The van der Waals surface area contributed by atoms with Crippen LogP contribution >= 0.6 is 0 Å². The molecule has 0 unspecified atom stereocenters. The summed E-state index contributed by atoms with van der Waals surface area (Å²) in [4.78, 5) is 5.03. The summed E-state index contributed by atoms with van der Waals surface area (Å²) in [5, 5.41) is 12.0. The lowest BCUT2D eigenvalue weighted by molar-refractivity contribution is 0.668. The number of hydrogen-bond acceptors (Lipinski definition) is 4. The first-order chi connectivity index (χ1) is 13.3. The minimum absolute atomic E-state index is 0.668. The Morgan fingerprint density at radius 1 is 0.852 bits per heavy atom. The van der Waals surface area contributed by atoms with Crippen molar-refractivity contribution in [2.75, 3.05) is 0 Å². The molecule has 0 fully saturated rings. The lowest BCUT2D eigenvalue weighted by atomic mass is 10.1. The molecule has 0 bridgehead atoms. The summed E-state index contributed by atoms with van der Waals surface area (Å²) in [6.45, 7) is 1.93. The number of hydrogen-bond donors (Lipinski definition) is 0. The van der Waals surface area contributed by atoms with Crippen LogP contribution in [0.25, 0.3) is 49.9 Å². The molecule has 0 saturated heterocycles. The van der Waals surface area contributed by atoms with Gasteiger partial charge < -0.3 is 4.42 Å². The number of furan rings is 1. The van der Waals surface area contributed by atoms with E-state index in [0.29, 0.717) is 11.2 Å². The molecule has 0 radical (unpaired) electrons. The summed E-state index contributed by atoms with van der Waals surface area (Å²) in [7, 11) is 0. The van der Waals surface area contributed by atoms with Crippen molar-refractivity contribution in [1.29, 1.82) is 0 Å². The Hall–Kier alpha value is -3.73. The average molecular weight is 350 g/mol. The third-order valence-corrected chi connectivity index (χ3v) is 5.04. The van der Waals surface area contributed by atoms with Gasteiger partial charge in [-0.25, -0.2) is 4.98 Å². The molecule has 5 heteroatoms. The molecule has 0 aliphatic carbocycles. The van der Waals surface area contributed by atoms with Crippen LogP contribution in [0, 0.1) is 6.92 Å². The Bertz CT molecular complexity index is 1480. The number of aromatic nitrogens is 4. The summed E-state index contributed by atoms with van der Waals surface area (Å²) in [6, 6.07) is 22.5. The molecular weight excluding hydrogens is 336 g/mol. The molecule has 0 saturated carbocycles. The Morgan fingerprint density at radius 3 is 2.56 bits per heavy atom. The minimum Gasteiger partial charge on any atom is -0.450 e. The molecule has 3 aromatic heterocycles. The molecular formula is C22H14N4O. The lowest BCUT2D eigenvalue weighted by Gasteiger charge is -2.06. The predicted molar refractivity (Wildman–Crippen MR) is 106 cm³/mol. The van der Waals surface area contributed by atoms with Crippen LogP contribution in [0.15, 0.2) is 71.1 Å². The van der Waals surface area contributed by atoms with E-state index in [2.05, 4.69) is 28.4 Å². The fourth-order valence-corrected chi connectivity index (χ4v) is 3.81. The summed E-state index contributed by atoms with van der Waals surface area (Å²) in [5.41, 5.74) is 4.00. The SMILES string of the molecule is Cc1nnc2c3oc4ccc5ccccc5c4c3nc(-c3ccccc3)n12. The summed E-state index contributed by atoms with van der Waals surface area (Å²) in [6.07, 6.45) is 0. The van der Waals surface area contributed by atoms with E-state index >= 15 is 0 Å². The van der Waals surface area contributed by atoms with Crippen LogP contribution in [-0.2, 0) is 0 Å². The monoisotopic (exact) mass is 350 g/mol. The molecule has 6 aromatic rings. The Kier molecular flexibility index (Phi) is 2.75. The third-order valence-electron chi connectivity index (χ3n) is 5.04. The Balaban J connectivity index is 1.88. The van der Waals surface area contributed by atoms with E-state index in [1.165, 1.54) is 0 Å². The van der Waals surface area contributed by atoms with Gasteiger partial charge in [-0.3, -0.25) is 4.40 Å². The number of benzene rings is 3. The lowest BCUT2D eigenvalue weighted by Crippen LogP contribution is -1.98. The summed E-state index contributed by atoms with van der Waals surface area (Å²) >= 11 is 0. The molecule has 5 nitrogen and oxygen atoms in total. The van der Waals surface area contributed by atoms with Crippen molar-refractivity contribution in [3.05, 3.63) is 72.6 Å².